The molecule has 1 heterocycles. The summed E-state index contributed by atoms with van der Waals surface area (Å²) in [5, 5.41) is 16.1. The molecule has 0 aliphatic rings. The Morgan fingerprint density at radius 3 is 2.40 bits per heavy atom. The van der Waals surface area contributed by atoms with Crippen LogP contribution in [0.15, 0.2) is 76.8 Å². The smallest absolute Gasteiger partial charge is 0.340 e. The third kappa shape index (κ3) is 11.2. The maximum atomic E-state index is 13.7. The highest BCUT2D eigenvalue weighted by Crippen LogP contribution is 2.30. The van der Waals surface area contributed by atoms with Gasteiger partial charge in [0.2, 0.25) is 16.0 Å². The fraction of sp³-hybridized carbons (Fsp3) is 0.269. The van der Waals surface area contributed by atoms with Gasteiger partial charge in [0.1, 0.15) is 21.3 Å². The van der Waals surface area contributed by atoms with E-state index in [0.29, 0.717) is 23.3 Å². The first-order valence-corrected chi connectivity index (χ1v) is 15.1. The Bertz CT molecular complexity index is 1610. The predicted molar refractivity (Wildman–Crippen MR) is 163 cm³/mol. The minimum Gasteiger partial charge on any atom is -0.493 e. The van der Waals surface area contributed by atoms with Gasteiger partial charge >= 0.3 is 10.1 Å². The number of guanidine groups is 1. The van der Waals surface area contributed by atoms with E-state index in [4.69, 9.17) is 30.2 Å². The van der Waals surface area contributed by atoms with Crippen molar-refractivity contribution in [2.45, 2.75) is 36.1 Å². The molecule has 2 aromatic carbocycles. The predicted octanol–water partition coefficient (Wildman–Crippen LogP) is 3.29. The SMILES string of the molecule is Cc1cc(OCCCONC(=N)N)cc(OS(=O)(=O)c2ccccc2S(=O)(=O)N(CCC#N)Cc2cccnc2)c1.Cl.Cl. The quantitative estimate of drug-likeness (QED) is 0.0703. The summed E-state index contributed by atoms with van der Waals surface area (Å²) >= 11 is 0. The molecule has 0 saturated carbocycles. The Hall–Kier alpha value is -3.65. The van der Waals surface area contributed by atoms with E-state index in [2.05, 4.69) is 10.5 Å². The molecule has 13 nitrogen and oxygen atoms in total. The molecule has 3 aromatic rings. The van der Waals surface area contributed by atoms with Gasteiger partial charge in [-0.3, -0.25) is 15.2 Å². The monoisotopic (exact) mass is 674 g/mol. The van der Waals surface area contributed by atoms with Crippen molar-refractivity contribution >= 4 is 50.9 Å². The van der Waals surface area contributed by atoms with Gasteiger partial charge in [0.25, 0.3) is 0 Å². The van der Waals surface area contributed by atoms with Crippen LogP contribution in [0.5, 0.6) is 11.5 Å². The molecule has 43 heavy (non-hydrogen) atoms. The van der Waals surface area contributed by atoms with Crippen LogP contribution >= 0.6 is 24.8 Å². The van der Waals surface area contributed by atoms with Crippen molar-refractivity contribution in [2.24, 2.45) is 5.73 Å². The average molecular weight is 676 g/mol. The van der Waals surface area contributed by atoms with Crippen molar-refractivity contribution in [3.63, 3.8) is 0 Å². The number of hydrogen-bond donors (Lipinski definition) is 3. The Balaban J connectivity index is 0.00000462. The van der Waals surface area contributed by atoms with Crippen LogP contribution in [0.2, 0.25) is 0 Å². The maximum Gasteiger partial charge on any atom is 0.340 e. The van der Waals surface area contributed by atoms with E-state index < -0.39 is 29.9 Å². The minimum absolute atomic E-state index is 0. The number of aromatic nitrogens is 1. The number of benzene rings is 2. The lowest BCUT2D eigenvalue weighted by Gasteiger charge is -2.22. The van der Waals surface area contributed by atoms with Crippen molar-refractivity contribution in [1.29, 1.82) is 10.7 Å². The third-order valence-electron chi connectivity index (χ3n) is 5.36. The van der Waals surface area contributed by atoms with Gasteiger partial charge < -0.3 is 14.7 Å². The fourth-order valence-electron chi connectivity index (χ4n) is 3.63. The number of pyridine rings is 1. The van der Waals surface area contributed by atoms with E-state index in [1.54, 1.807) is 31.3 Å². The first-order valence-electron chi connectivity index (χ1n) is 12.3. The standard InChI is InChI=1S/C26H30N6O7S2.2ClH/c1-20-15-22(37-13-6-14-38-31-26(28)29)17-23(16-20)39-41(35,36)25-9-3-2-8-24(25)40(33,34)32(12-5-10-27)19-21-7-4-11-30-18-21;;/h2-4,7-9,11,15-18H,5-6,12-14,19H2,1H3,(H4,28,29,31);2*1H. The average Bonchev–Trinajstić information content (AvgIpc) is 2.92. The Labute approximate surface area is 263 Å². The lowest BCUT2D eigenvalue weighted by atomic mass is 10.2. The van der Waals surface area contributed by atoms with Gasteiger partial charge in [0, 0.05) is 44.4 Å². The van der Waals surface area contributed by atoms with Crippen molar-refractivity contribution in [1.82, 2.24) is 14.8 Å². The zero-order valence-corrected chi connectivity index (χ0v) is 26.3. The number of nitriles is 1. The molecule has 0 aliphatic heterocycles. The molecule has 17 heteroatoms. The summed E-state index contributed by atoms with van der Waals surface area (Å²) in [7, 11) is -9.01. The fourth-order valence-corrected chi connectivity index (χ4v) is 6.75. The summed E-state index contributed by atoms with van der Waals surface area (Å²) in [5.41, 5.74) is 8.54. The summed E-state index contributed by atoms with van der Waals surface area (Å²) in [6, 6.07) is 14.9. The van der Waals surface area contributed by atoms with Gasteiger partial charge in [-0.15, -0.1) is 24.8 Å². The van der Waals surface area contributed by atoms with Gasteiger partial charge in [-0.25, -0.2) is 13.9 Å². The number of aryl methyl sites for hydroxylation is 1. The lowest BCUT2D eigenvalue weighted by Crippen LogP contribution is -2.32. The van der Waals surface area contributed by atoms with E-state index in [0.717, 1.165) is 10.4 Å². The molecule has 1 aromatic heterocycles. The highest BCUT2D eigenvalue weighted by atomic mass is 35.5. The minimum atomic E-state index is -4.63. The van der Waals surface area contributed by atoms with Gasteiger partial charge in [0.05, 0.1) is 19.3 Å². The van der Waals surface area contributed by atoms with Crippen LogP contribution in [-0.4, -0.2) is 51.8 Å². The molecule has 0 aliphatic carbocycles. The lowest BCUT2D eigenvalue weighted by molar-refractivity contribution is 0.0733. The number of hydrogen-bond acceptors (Lipinski definition) is 10. The number of rotatable bonds is 15. The van der Waals surface area contributed by atoms with Crippen LogP contribution in [0.25, 0.3) is 0 Å². The van der Waals surface area contributed by atoms with Crippen LogP contribution in [0.4, 0.5) is 0 Å². The summed E-state index contributed by atoms with van der Waals surface area (Å²) < 4.78 is 66.3. The number of nitrogens with two attached hydrogens (primary N) is 1. The van der Waals surface area contributed by atoms with Crippen molar-refractivity contribution in [3.05, 3.63) is 78.1 Å². The van der Waals surface area contributed by atoms with Gasteiger partial charge in [-0.2, -0.15) is 18.0 Å². The van der Waals surface area contributed by atoms with Crippen molar-refractivity contribution in [3.8, 4) is 17.6 Å². The van der Waals surface area contributed by atoms with Gasteiger partial charge in [-0.05, 0) is 48.4 Å². The Morgan fingerprint density at radius 1 is 1.05 bits per heavy atom. The van der Waals surface area contributed by atoms with Crippen LogP contribution in [0.3, 0.4) is 0 Å². The first-order chi connectivity index (χ1) is 19.5. The molecule has 0 saturated heterocycles. The number of sulfonamides is 1. The van der Waals surface area contributed by atoms with E-state index in [9.17, 15) is 16.8 Å². The van der Waals surface area contributed by atoms with Crippen LogP contribution in [-0.2, 0) is 31.5 Å². The van der Waals surface area contributed by atoms with Gasteiger partial charge in [-0.1, -0.05) is 18.2 Å². The molecular formula is C26H32Cl2N6O7S2. The molecule has 0 bridgehead atoms. The molecule has 0 fully saturated rings. The molecule has 0 amide bonds. The van der Waals surface area contributed by atoms with E-state index in [-0.39, 0.29) is 69.2 Å². The van der Waals surface area contributed by atoms with E-state index >= 15 is 0 Å². The van der Waals surface area contributed by atoms with Crippen LogP contribution < -0.4 is 20.1 Å². The summed E-state index contributed by atoms with van der Waals surface area (Å²) in [6.45, 7) is 1.88. The van der Waals surface area contributed by atoms with Crippen molar-refractivity contribution < 1.29 is 30.6 Å². The highest BCUT2D eigenvalue weighted by Gasteiger charge is 2.32. The summed E-state index contributed by atoms with van der Waals surface area (Å²) in [5.74, 6) is -0.0708. The number of nitrogens with zero attached hydrogens (tertiary/aromatic N) is 3. The number of ether oxygens (including phenoxy) is 1. The second kappa shape index (κ2) is 17.5. The van der Waals surface area contributed by atoms with E-state index in [1.165, 1.54) is 36.5 Å². The van der Waals surface area contributed by atoms with Crippen LogP contribution in [0, 0.1) is 23.7 Å². The van der Waals surface area contributed by atoms with Gasteiger partial charge in [0.15, 0.2) is 0 Å². The molecule has 4 N–H and O–H groups in total. The zero-order valence-electron chi connectivity index (χ0n) is 23.0. The zero-order chi connectivity index (χ0) is 29.9. The van der Waals surface area contributed by atoms with Crippen LogP contribution in [0.1, 0.15) is 24.0 Å². The molecule has 0 radical (unpaired) electrons. The molecule has 3 rings (SSSR count). The molecule has 234 valence electrons. The molecule has 0 spiro atoms. The third-order valence-corrected chi connectivity index (χ3v) is 8.70. The number of nitrogens with one attached hydrogen (secondary N) is 2. The maximum absolute atomic E-state index is 13.7. The van der Waals surface area contributed by atoms with E-state index in [1.807, 2.05) is 6.07 Å². The second-order valence-corrected chi connectivity index (χ2v) is 12.1. The Morgan fingerprint density at radius 2 is 1.74 bits per heavy atom. The number of halogens is 2. The normalized spacial score (nSPS) is 11.0. The highest BCUT2D eigenvalue weighted by molar-refractivity contribution is 7.91. The van der Waals surface area contributed by atoms with Crippen molar-refractivity contribution in [2.75, 3.05) is 19.8 Å². The second-order valence-electron chi connectivity index (χ2n) is 8.64. The molecular weight excluding hydrogens is 643 g/mol. The molecule has 0 atom stereocenters. The molecule has 0 unspecified atom stereocenters. The summed E-state index contributed by atoms with van der Waals surface area (Å²) in [4.78, 5) is 7.91. The Kier molecular flexibility index (Phi) is 15.2. The summed E-state index contributed by atoms with van der Waals surface area (Å²) in [6.07, 6.45) is 3.38. The first kappa shape index (κ1) is 37.4. The topological polar surface area (TPSA) is 198 Å². The number of hydroxylamine groups is 1. The largest absolute Gasteiger partial charge is 0.493 e.